The van der Waals surface area contributed by atoms with Gasteiger partial charge in [0.15, 0.2) is 5.79 Å². The second-order valence-corrected chi connectivity index (χ2v) is 3.71. The van der Waals surface area contributed by atoms with Gasteiger partial charge in [-0.05, 0) is 12.3 Å². The van der Waals surface area contributed by atoms with Gasteiger partial charge in [-0.2, -0.15) is 0 Å². The van der Waals surface area contributed by atoms with E-state index >= 15 is 0 Å². The molecule has 0 bridgehead atoms. The summed E-state index contributed by atoms with van der Waals surface area (Å²) in [6, 6.07) is 0. The van der Waals surface area contributed by atoms with Crippen LogP contribution in [0.2, 0.25) is 0 Å². The number of hydrogen-bond acceptors (Lipinski definition) is 3. The molecule has 0 aromatic rings. The Morgan fingerprint density at radius 1 is 1.46 bits per heavy atom. The van der Waals surface area contributed by atoms with E-state index in [-0.39, 0.29) is 18.7 Å². The van der Waals surface area contributed by atoms with E-state index < -0.39 is 5.79 Å². The second-order valence-electron chi connectivity index (χ2n) is 3.71. The van der Waals surface area contributed by atoms with Crippen LogP contribution in [0.5, 0.6) is 0 Å². The Kier molecular flexibility index (Phi) is 4.95. The highest BCUT2D eigenvalue weighted by Gasteiger charge is 2.23. The second kappa shape index (κ2) is 5.19. The predicted molar refractivity (Wildman–Crippen MR) is 49.9 cm³/mol. The van der Waals surface area contributed by atoms with Gasteiger partial charge in [-0.15, -0.1) is 0 Å². The number of carbonyl (C=O) groups excluding carboxylic acids is 1. The number of nitrogens with one attached hydrogen (secondary N) is 1. The molecular formula is C9H19NO3. The lowest BCUT2D eigenvalue weighted by Crippen LogP contribution is -2.37. The number of rotatable bonds is 5. The molecule has 0 spiro atoms. The van der Waals surface area contributed by atoms with Gasteiger partial charge < -0.3 is 15.5 Å². The largest absolute Gasteiger partial charge is 0.365 e. The molecule has 0 aliphatic heterocycles. The summed E-state index contributed by atoms with van der Waals surface area (Å²) in [5.74, 6) is -1.81. The average Bonchev–Trinajstić information content (AvgIpc) is 2.00. The predicted octanol–water partition coefficient (Wildman–Crippen LogP) is 0.240. The van der Waals surface area contributed by atoms with Gasteiger partial charge in [0.2, 0.25) is 5.91 Å². The molecule has 0 radical (unpaired) electrons. The average molecular weight is 189 g/mol. The van der Waals surface area contributed by atoms with Crippen LogP contribution in [-0.4, -0.2) is 28.5 Å². The van der Waals surface area contributed by atoms with Crippen LogP contribution in [-0.2, 0) is 4.79 Å². The van der Waals surface area contributed by atoms with Crippen LogP contribution >= 0.6 is 0 Å². The highest BCUT2D eigenvalue weighted by molar-refractivity contribution is 5.76. The fraction of sp³-hybridized carbons (Fsp3) is 0.889. The summed E-state index contributed by atoms with van der Waals surface area (Å²) in [6.45, 7) is 6.14. The third-order valence-corrected chi connectivity index (χ3v) is 1.72. The van der Waals surface area contributed by atoms with Crippen LogP contribution < -0.4 is 5.32 Å². The van der Waals surface area contributed by atoms with Gasteiger partial charge in [0.1, 0.15) is 0 Å². The van der Waals surface area contributed by atoms with Crippen molar-refractivity contribution in [2.75, 3.05) is 6.54 Å². The van der Waals surface area contributed by atoms with Crippen LogP contribution in [0.3, 0.4) is 0 Å². The minimum absolute atomic E-state index is 0.155. The van der Waals surface area contributed by atoms with Gasteiger partial charge >= 0.3 is 0 Å². The molecule has 0 saturated carbocycles. The lowest BCUT2D eigenvalue weighted by molar-refractivity contribution is -0.173. The van der Waals surface area contributed by atoms with Gasteiger partial charge in [0, 0.05) is 6.54 Å². The highest BCUT2D eigenvalue weighted by Crippen LogP contribution is 2.09. The first kappa shape index (κ1) is 12.4. The molecule has 0 rings (SSSR count). The number of hydrogen-bond donors (Lipinski definition) is 3. The molecule has 0 heterocycles. The molecule has 1 amide bonds. The number of aliphatic hydroxyl groups is 2. The normalized spacial score (nSPS) is 11.8. The Balaban J connectivity index is 3.74. The third-order valence-electron chi connectivity index (χ3n) is 1.72. The van der Waals surface area contributed by atoms with Gasteiger partial charge in [0.25, 0.3) is 0 Å². The van der Waals surface area contributed by atoms with Gasteiger partial charge in [-0.25, -0.2) is 0 Å². The summed E-state index contributed by atoms with van der Waals surface area (Å²) in [6.07, 6.45) is -0.0989. The van der Waals surface area contributed by atoms with Crippen molar-refractivity contribution in [1.29, 1.82) is 0 Å². The zero-order valence-electron chi connectivity index (χ0n) is 8.50. The molecule has 0 unspecified atom stereocenters. The standard InChI is InChI=1S/C9H19NO3/c1-4-9(12,13)5-8(11)10-6-7(2)3/h7,12-13H,4-6H2,1-3H3,(H,10,11). The Bertz CT molecular complexity index is 166. The molecule has 4 heteroatoms. The summed E-state index contributed by atoms with van der Waals surface area (Å²) in [5, 5.41) is 20.9. The van der Waals surface area contributed by atoms with E-state index in [1.807, 2.05) is 13.8 Å². The molecule has 0 fully saturated rings. The molecule has 0 saturated heterocycles. The van der Waals surface area contributed by atoms with Gasteiger partial charge in [-0.1, -0.05) is 20.8 Å². The molecule has 4 nitrogen and oxygen atoms in total. The molecule has 0 aliphatic carbocycles. The maximum Gasteiger partial charge on any atom is 0.225 e. The topological polar surface area (TPSA) is 69.6 Å². The van der Waals surface area contributed by atoms with Crippen molar-refractivity contribution >= 4 is 5.91 Å². The van der Waals surface area contributed by atoms with Gasteiger partial charge in [-0.3, -0.25) is 4.79 Å². The van der Waals surface area contributed by atoms with Crippen molar-refractivity contribution < 1.29 is 15.0 Å². The summed E-state index contributed by atoms with van der Waals surface area (Å²) in [5.41, 5.74) is 0. The van der Waals surface area contributed by atoms with Crippen LogP contribution in [0.25, 0.3) is 0 Å². The zero-order valence-corrected chi connectivity index (χ0v) is 8.50. The maximum absolute atomic E-state index is 11.1. The van der Waals surface area contributed by atoms with E-state index in [0.29, 0.717) is 12.5 Å². The lowest BCUT2D eigenvalue weighted by atomic mass is 10.1. The van der Waals surface area contributed by atoms with Crippen LogP contribution in [0, 0.1) is 5.92 Å². The quantitative estimate of drug-likeness (QED) is 0.543. The fourth-order valence-corrected chi connectivity index (χ4v) is 0.763. The van der Waals surface area contributed by atoms with E-state index in [1.165, 1.54) is 0 Å². The van der Waals surface area contributed by atoms with Crippen molar-refractivity contribution in [3.63, 3.8) is 0 Å². The monoisotopic (exact) mass is 189 g/mol. The number of carbonyl (C=O) groups is 1. The first-order valence-electron chi connectivity index (χ1n) is 4.59. The van der Waals surface area contributed by atoms with Crippen molar-refractivity contribution in [2.45, 2.75) is 39.4 Å². The van der Waals surface area contributed by atoms with Gasteiger partial charge in [0.05, 0.1) is 6.42 Å². The number of amides is 1. The van der Waals surface area contributed by atoms with E-state index in [9.17, 15) is 4.79 Å². The molecular weight excluding hydrogens is 170 g/mol. The van der Waals surface area contributed by atoms with Crippen molar-refractivity contribution in [1.82, 2.24) is 5.32 Å². The minimum atomic E-state index is -1.86. The SMILES string of the molecule is CCC(O)(O)CC(=O)NCC(C)C. The Morgan fingerprint density at radius 2 is 2.00 bits per heavy atom. The summed E-state index contributed by atoms with van der Waals surface area (Å²) in [7, 11) is 0. The van der Waals surface area contributed by atoms with Crippen molar-refractivity contribution in [3.05, 3.63) is 0 Å². The van der Waals surface area contributed by atoms with Crippen LogP contribution in [0.1, 0.15) is 33.6 Å². The van der Waals surface area contributed by atoms with E-state index in [0.717, 1.165) is 0 Å². The summed E-state index contributed by atoms with van der Waals surface area (Å²) >= 11 is 0. The van der Waals surface area contributed by atoms with Crippen molar-refractivity contribution in [2.24, 2.45) is 5.92 Å². The molecule has 78 valence electrons. The maximum atomic E-state index is 11.1. The van der Waals surface area contributed by atoms with Crippen LogP contribution in [0.4, 0.5) is 0 Å². The van der Waals surface area contributed by atoms with Crippen LogP contribution in [0.15, 0.2) is 0 Å². The first-order chi connectivity index (χ1) is 5.87. The zero-order chi connectivity index (χ0) is 10.5. The van der Waals surface area contributed by atoms with E-state index in [1.54, 1.807) is 6.92 Å². The highest BCUT2D eigenvalue weighted by atomic mass is 16.5. The Morgan fingerprint density at radius 3 is 2.38 bits per heavy atom. The third kappa shape index (κ3) is 6.54. The van der Waals surface area contributed by atoms with E-state index in [4.69, 9.17) is 10.2 Å². The first-order valence-corrected chi connectivity index (χ1v) is 4.59. The summed E-state index contributed by atoms with van der Waals surface area (Å²) in [4.78, 5) is 11.1. The lowest BCUT2D eigenvalue weighted by Gasteiger charge is -2.19. The Hall–Kier alpha value is -0.610. The molecule has 0 aromatic heterocycles. The fourth-order valence-electron chi connectivity index (χ4n) is 0.763. The minimum Gasteiger partial charge on any atom is -0.365 e. The Labute approximate surface area is 79.0 Å². The van der Waals surface area contributed by atoms with E-state index in [2.05, 4.69) is 5.32 Å². The molecule has 0 atom stereocenters. The molecule has 3 N–H and O–H groups in total. The summed E-state index contributed by atoms with van der Waals surface area (Å²) < 4.78 is 0. The van der Waals surface area contributed by atoms with Crippen molar-refractivity contribution in [3.8, 4) is 0 Å². The molecule has 0 aromatic carbocycles. The smallest absolute Gasteiger partial charge is 0.225 e. The molecule has 13 heavy (non-hydrogen) atoms. The molecule has 0 aliphatic rings.